The van der Waals surface area contributed by atoms with E-state index < -0.39 is 6.10 Å². The Bertz CT molecular complexity index is 410. The lowest BCUT2D eigenvalue weighted by Crippen LogP contribution is -2.47. The number of hydrogen-bond acceptors (Lipinski definition) is 4. The molecule has 0 amide bonds. The zero-order valence-corrected chi connectivity index (χ0v) is 12.5. The second-order valence-electron chi connectivity index (χ2n) is 5.19. The normalized spacial score (nSPS) is 23.4. The second kappa shape index (κ2) is 7.96. The van der Waals surface area contributed by atoms with Gasteiger partial charge in [-0.1, -0.05) is 29.8 Å². The molecule has 0 aliphatic heterocycles. The van der Waals surface area contributed by atoms with Crippen molar-refractivity contribution in [1.82, 2.24) is 5.32 Å². The van der Waals surface area contributed by atoms with Crippen molar-refractivity contribution in [2.24, 2.45) is 0 Å². The van der Waals surface area contributed by atoms with Gasteiger partial charge in [-0.3, -0.25) is 0 Å². The molecule has 20 heavy (non-hydrogen) atoms. The molecule has 0 saturated heterocycles. The third-order valence-corrected chi connectivity index (χ3v) is 3.96. The van der Waals surface area contributed by atoms with Gasteiger partial charge in [-0.2, -0.15) is 0 Å². The minimum atomic E-state index is -0.501. The molecule has 2 rings (SSSR count). The highest BCUT2D eigenvalue weighted by Crippen LogP contribution is 2.22. The smallest absolute Gasteiger partial charge is 0.0897 e. The number of halogens is 1. The van der Waals surface area contributed by atoms with Gasteiger partial charge in [0.1, 0.15) is 0 Å². The van der Waals surface area contributed by atoms with E-state index in [9.17, 15) is 5.11 Å². The van der Waals surface area contributed by atoms with Crippen LogP contribution in [0.3, 0.4) is 0 Å². The van der Waals surface area contributed by atoms with Crippen LogP contribution in [0, 0.1) is 0 Å². The molecule has 1 aliphatic carbocycles. The van der Waals surface area contributed by atoms with E-state index in [1.54, 1.807) is 7.11 Å². The highest BCUT2D eigenvalue weighted by molar-refractivity contribution is 6.31. The molecule has 0 bridgehead atoms. The van der Waals surface area contributed by atoms with Gasteiger partial charge < -0.3 is 19.9 Å². The molecule has 0 aromatic heterocycles. The monoisotopic (exact) mass is 299 g/mol. The van der Waals surface area contributed by atoms with Crippen molar-refractivity contribution in [1.29, 1.82) is 0 Å². The molecule has 0 radical (unpaired) electrons. The predicted octanol–water partition coefficient (Wildman–Crippen LogP) is 1.98. The van der Waals surface area contributed by atoms with Gasteiger partial charge in [-0.25, -0.2) is 0 Å². The molecule has 1 fully saturated rings. The summed E-state index contributed by atoms with van der Waals surface area (Å²) in [6, 6.07) is 8.02. The Morgan fingerprint density at radius 1 is 1.40 bits per heavy atom. The molecular formula is C15H22ClNO3. The highest BCUT2D eigenvalue weighted by atomic mass is 35.5. The van der Waals surface area contributed by atoms with E-state index in [1.807, 2.05) is 24.3 Å². The van der Waals surface area contributed by atoms with Crippen molar-refractivity contribution >= 4 is 11.6 Å². The van der Waals surface area contributed by atoms with Crippen LogP contribution in [0.1, 0.15) is 18.4 Å². The number of benzene rings is 1. The van der Waals surface area contributed by atoms with Crippen LogP contribution in [-0.2, 0) is 16.1 Å². The van der Waals surface area contributed by atoms with E-state index in [2.05, 4.69) is 5.32 Å². The van der Waals surface area contributed by atoms with Gasteiger partial charge >= 0.3 is 0 Å². The Labute approximate surface area is 125 Å². The minimum absolute atomic E-state index is 0.304. The molecule has 2 N–H and O–H groups in total. The molecule has 5 heteroatoms. The van der Waals surface area contributed by atoms with Crippen molar-refractivity contribution < 1.29 is 14.6 Å². The maximum absolute atomic E-state index is 9.84. The standard InChI is InChI=1S/C15H22ClNO3/c1-19-14-6-12(7-14)17-8-13(18)10-20-9-11-4-2-3-5-15(11)16/h2-5,12-14,17-18H,6-10H2,1H3. The first-order valence-electron chi connectivity index (χ1n) is 6.94. The number of aliphatic hydroxyl groups is 1. The van der Waals surface area contributed by atoms with Crippen LogP contribution in [0.25, 0.3) is 0 Å². The van der Waals surface area contributed by atoms with Gasteiger partial charge in [-0.05, 0) is 24.5 Å². The van der Waals surface area contributed by atoms with Crippen LogP contribution in [0.5, 0.6) is 0 Å². The summed E-state index contributed by atoms with van der Waals surface area (Å²) in [5.41, 5.74) is 0.941. The van der Waals surface area contributed by atoms with Crippen molar-refractivity contribution in [3.8, 4) is 0 Å². The number of aliphatic hydroxyl groups excluding tert-OH is 1. The van der Waals surface area contributed by atoms with Gasteiger partial charge in [0.25, 0.3) is 0 Å². The van der Waals surface area contributed by atoms with Gasteiger partial charge in [-0.15, -0.1) is 0 Å². The zero-order chi connectivity index (χ0) is 14.4. The highest BCUT2D eigenvalue weighted by Gasteiger charge is 2.28. The van der Waals surface area contributed by atoms with Crippen LogP contribution in [0.15, 0.2) is 24.3 Å². The van der Waals surface area contributed by atoms with E-state index in [0.29, 0.717) is 36.9 Å². The average Bonchev–Trinajstić information content (AvgIpc) is 2.39. The Kier molecular flexibility index (Phi) is 6.26. The number of nitrogens with one attached hydrogen (secondary N) is 1. The molecular weight excluding hydrogens is 278 g/mol. The Hall–Kier alpha value is -0.650. The van der Waals surface area contributed by atoms with Crippen molar-refractivity contribution in [2.75, 3.05) is 20.3 Å². The third kappa shape index (κ3) is 4.72. The Morgan fingerprint density at radius 2 is 2.15 bits per heavy atom. The molecule has 0 spiro atoms. The van der Waals surface area contributed by atoms with Crippen LogP contribution in [0.4, 0.5) is 0 Å². The maximum atomic E-state index is 9.84. The predicted molar refractivity (Wildman–Crippen MR) is 78.9 cm³/mol. The van der Waals surface area contributed by atoms with Gasteiger partial charge in [0.15, 0.2) is 0 Å². The fourth-order valence-corrected chi connectivity index (χ4v) is 2.40. The number of methoxy groups -OCH3 is 1. The summed E-state index contributed by atoms with van der Waals surface area (Å²) in [6.07, 6.45) is 1.91. The van der Waals surface area contributed by atoms with E-state index in [4.69, 9.17) is 21.1 Å². The quantitative estimate of drug-likeness (QED) is 0.771. The Morgan fingerprint density at radius 3 is 2.85 bits per heavy atom. The van der Waals surface area contributed by atoms with E-state index in [1.165, 1.54) is 0 Å². The summed E-state index contributed by atoms with van der Waals surface area (Å²) in [6.45, 7) is 1.27. The van der Waals surface area contributed by atoms with Crippen molar-refractivity contribution in [2.45, 2.75) is 37.7 Å². The van der Waals surface area contributed by atoms with Gasteiger partial charge in [0.2, 0.25) is 0 Å². The summed E-state index contributed by atoms with van der Waals surface area (Å²) in [7, 11) is 1.73. The first kappa shape index (κ1) is 15.7. The topological polar surface area (TPSA) is 50.7 Å². The van der Waals surface area contributed by atoms with Crippen LogP contribution < -0.4 is 5.32 Å². The lowest BCUT2D eigenvalue weighted by atomic mass is 9.89. The van der Waals surface area contributed by atoms with Crippen molar-refractivity contribution in [3.63, 3.8) is 0 Å². The summed E-state index contributed by atoms with van der Waals surface area (Å²) >= 11 is 6.03. The molecule has 1 atom stereocenters. The third-order valence-electron chi connectivity index (χ3n) is 3.60. The molecule has 1 unspecified atom stereocenters. The fourth-order valence-electron chi connectivity index (χ4n) is 2.21. The molecule has 1 aromatic rings. The Balaban J connectivity index is 1.56. The number of hydrogen-bond donors (Lipinski definition) is 2. The van der Waals surface area contributed by atoms with Gasteiger partial charge in [0, 0.05) is 24.7 Å². The lowest BCUT2D eigenvalue weighted by molar-refractivity contribution is 0.00209. The van der Waals surface area contributed by atoms with Crippen LogP contribution in [0.2, 0.25) is 5.02 Å². The zero-order valence-electron chi connectivity index (χ0n) is 11.7. The van der Waals surface area contributed by atoms with Crippen LogP contribution in [-0.4, -0.2) is 43.6 Å². The average molecular weight is 300 g/mol. The molecule has 1 saturated carbocycles. The largest absolute Gasteiger partial charge is 0.389 e. The van der Waals surface area contributed by atoms with E-state index in [-0.39, 0.29) is 0 Å². The maximum Gasteiger partial charge on any atom is 0.0897 e. The summed E-state index contributed by atoms with van der Waals surface area (Å²) in [4.78, 5) is 0. The summed E-state index contributed by atoms with van der Waals surface area (Å²) < 4.78 is 10.7. The summed E-state index contributed by atoms with van der Waals surface area (Å²) in [5, 5.41) is 13.8. The fraction of sp³-hybridized carbons (Fsp3) is 0.600. The minimum Gasteiger partial charge on any atom is -0.389 e. The van der Waals surface area contributed by atoms with E-state index >= 15 is 0 Å². The molecule has 1 aliphatic rings. The number of rotatable bonds is 8. The molecule has 112 valence electrons. The molecule has 4 nitrogen and oxygen atoms in total. The molecule has 0 heterocycles. The van der Waals surface area contributed by atoms with E-state index in [0.717, 1.165) is 18.4 Å². The SMILES string of the molecule is COC1CC(NCC(O)COCc2ccccc2Cl)C1. The van der Waals surface area contributed by atoms with Gasteiger partial charge in [0.05, 0.1) is 25.4 Å². The molecule has 1 aromatic carbocycles. The first-order valence-corrected chi connectivity index (χ1v) is 7.32. The first-order chi connectivity index (χ1) is 9.69. The second-order valence-corrected chi connectivity index (χ2v) is 5.60. The lowest BCUT2D eigenvalue weighted by Gasteiger charge is -2.35. The number of ether oxygens (including phenoxy) is 2. The summed E-state index contributed by atoms with van der Waals surface area (Å²) in [5.74, 6) is 0. The van der Waals surface area contributed by atoms with Crippen LogP contribution >= 0.6 is 11.6 Å². The van der Waals surface area contributed by atoms with Crippen molar-refractivity contribution in [3.05, 3.63) is 34.9 Å².